The van der Waals surface area contributed by atoms with Crippen molar-refractivity contribution in [2.75, 3.05) is 32.1 Å². The van der Waals surface area contributed by atoms with Crippen LogP contribution in [0.25, 0.3) is 0 Å². The molecule has 7 heteroatoms. The molecule has 0 amide bonds. The van der Waals surface area contributed by atoms with E-state index in [0.29, 0.717) is 6.04 Å². The molecule has 2 unspecified atom stereocenters. The van der Waals surface area contributed by atoms with Crippen molar-refractivity contribution in [1.29, 1.82) is 0 Å². The van der Waals surface area contributed by atoms with E-state index in [1.807, 2.05) is 18.2 Å². The minimum absolute atomic E-state index is 0.138. The summed E-state index contributed by atoms with van der Waals surface area (Å²) in [6.45, 7) is 7.28. The van der Waals surface area contributed by atoms with Crippen molar-refractivity contribution >= 4 is 29.0 Å². The van der Waals surface area contributed by atoms with E-state index < -0.39 is 12.5 Å². The lowest BCUT2D eigenvalue weighted by atomic mass is 10.0. The third-order valence-electron chi connectivity index (χ3n) is 5.95. The van der Waals surface area contributed by atoms with E-state index >= 15 is 0 Å². The SMILES string of the molecule is CC1=CC2C=C(Nc3ccccc3N=C2N(C)CCN[C@H](C)CCC(C)/C=C\C(F)=C/CF)S1. The number of nitrogens with zero attached hydrogens (tertiary/aromatic N) is 2. The standard InChI is InChI=1S/C27H36F2N4S/c1-19(10-12-23(29)13-14-28)9-11-20(2)30-15-16-33(4)27-22-17-21(3)34-26(18-22)31-24-7-5-6-8-25(24)32-27/h5-8,10,12-13,17-20,22,30-31H,9,11,14-16H2,1-4H3/b12-10-,23-13+,32-27?/t19?,20-,22?/m1/s1. The molecule has 0 saturated heterocycles. The van der Waals surface area contributed by atoms with Gasteiger partial charge in [0.25, 0.3) is 0 Å². The van der Waals surface area contributed by atoms with Crippen molar-refractivity contribution in [1.82, 2.24) is 10.2 Å². The first-order valence-electron chi connectivity index (χ1n) is 11.9. The Morgan fingerprint density at radius 2 is 2.06 bits per heavy atom. The minimum Gasteiger partial charge on any atom is -0.361 e. The molecule has 0 aromatic heterocycles. The number of likely N-dealkylation sites (N-methyl/N-ethyl adjacent to an activating group) is 1. The summed E-state index contributed by atoms with van der Waals surface area (Å²) in [4.78, 5) is 8.56. The smallest absolute Gasteiger partial charge is 0.121 e. The third kappa shape index (κ3) is 7.84. The van der Waals surface area contributed by atoms with E-state index in [-0.39, 0.29) is 11.8 Å². The van der Waals surface area contributed by atoms with Crippen LogP contribution < -0.4 is 10.6 Å². The highest BCUT2D eigenvalue weighted by Gasteiger charge is 2.24. The number of para-hydroxylation sites is 2. The highest BCUT2D eigenvalue weighted by molar-refractivity contribution is 8.06. The molecule has 0 saturated carbocycles. The number of alkyl halides is 1. The van der Waals surface area contributed by atoms with Crippen LogP contribution in [0.5, 0.6) is 0 Å². The molecule has 0 radical (unpaired) electrons. The van der Waals surface area contributed by atoms with Gasteiger partial charge >= 0.3 is 0 Å². The van der Waals surface area contributed by atoms with E-state index in [1.54, 1.807) is 17.8 Å². The number of fused-ring (bicyclic) bond motifs is 2. The number of halogens is 2. The Labute approximate surface area is 207 Å². The van der Waals surface area contributed by atoms with Gasteiger partial charge in [0, 0.05) is 26.2 Å². The molecular formula is C27H36F2N4S. The molecule has 1 aromatic rings. The summed E-state index contributed by atoms with van der Waals surface area (Å²) in [6, 6.07) is 8.51. The van der Waals surface area contributed by atoms with Crippen molar-refractivity contribution in [2.24, 2.45) is 16.8 Å². The fourth-order valence-corrected chi connectivity index (χ4v) is 4.91. The summed E-state index contributed by atoms with van der Waals surface area (Å²) in [5.41, 5.74) is 1.98. The van der Waals surface area contributed by atoms with Gasteiger partial charge in [-0.15, -0.1) is 0 Å². The third-order valence-corrected chi connectivity index (χ3v) is 6.87. The number of hydrogen-bond donors (Lipinski definition) is 2. The van der Waals surface area contributed by atoms with Crippen molar-refractivity contribution in [3.05, 3.63) is 70.4 Å². The van der Waals surface area contributed by atoms with Gasteiger partial charge in [0.05, 0.1) is 22.3 Å². The zero-order valence-electron chi connectivity index (χ0n) is 20.5. The van der Waals surface area contributed by atoms with Crippen LogP contribution in [0.4, 0.5) is 20.2 Å². The zero-order valence-corrected chi connectivity index (χ0v) is 21.3. The number of allylic oxidation sites excluding steroid dienone is 5. The Morgan fingerprint density at radius 1 is 1.26 bits per heavy atom. The van der Waals surface area contributed by atoms with Gasteiger partial charge in [0.1, 0.15) is 18.3 Å². The van der Waals surface area contributed by atoms with Crippen molar-refractivity contribution in [3.63, 3.8) is 0 Å². The summed E-state index contributed by atoms with van der Waals surface area (Å²) < 4.78 is 25.4. The second-order valence-corrected chi connectivity index (χ2v) is 10.3. The molecule has 34 heavy (non-hydrogen) atoms. The molecule has 184 valence electrons. The van der Waals surface area contributed by atoms with Crippen LogP contribution in [0.3, 0.4) is 0 Å². The quantitative estimate of drug-likeness (QED) is 0.351. The van der Waals surface area contributed by atoms with E-state index in [2.05, 4.69) is 61.6 Å². The normalized spacial score (nSPS) is 19.8. The van der Waals surface area contributed by atoms with Gasteiger partial charge in [-0.3, -0.25) is 0 Å². The number of benzene rings is 1. The predicted molar refractivity (Wildman–Crippen MR) is 143 cm³/mol. The first-order valence-corrected chi connectivity index (χ1v) is 12.7. The molecule has 1 aromatic carbocycles. The lowest BCUT2D eigenvalue weighted by molar-refractivity contribution is 0.420. The molecule has 0 aliphatic carbocycles. The van der Waals surface area contributed by atoms with Gasteiger partial charge in [0.15, 0.2) is 0 Å². The van der Waals surface area contributed by atoms with Crippen LogP contribution in [0.1, 0.15) is 33.6 Å². The molecular weight excluding hydrogens is 450 g/mol. The fourth-order valence-electron chi connectivity index (χ4n) is 3.97. The van der Waals surface area contributed by atoms with Gasteiger partial charge < -0.3 is 15.5 Å². The fraction of sp³-hybridized carbons (Fsp3) is 0.444. The van der Waals surface area contributed by atoms with Crippen LogP contribution >= 0.6 is 11.8 Å². The van der Waals surface area contributed by atoms with E-state index in [4.69, 9.17) is 4.99 Å². The van der Waals surface area contributed by atoms with Crippen LogP contribution in [-0.2, 0) is 0 Å². The van der Waals surface area contributed by atoms with Crippen LogP contribution in [-0.4, -0.2) is 43.6 Å². The maximum atomic E-state index is 13.3. The monoisotopic (exact) mass is 486 g/mol. The summed E-state index contributed by atoms with van der Waals surface area (Å²) in [7, 11) is 2.10. The maximum absolute atomic E-state index is 13.3. The summed E-state index contributed by atoms with van der Waals surface area (Å²) >= 11 is 1.76. The Bertz CT molecular complexity index is 983. The Balaban J connectivity index is 1.54. The molecule has 2 aliphatic heterocycles. The highest BCUT2D eigenvalue weighted by atomic mass is 32.2. The summed E-state index contributed by atoms with van der Waals surface area (Å²) in [5.74, 6) is 0.910. The zero-order chi connectivity index (χ0) is 24.5. The van der Waals surface area contributed by atoms with Crippen molar-refractivity contribution < 1.29 is 8.78 Å². The van der Waals surface area contributed by atoms with Crippen molar-refractivity contribution in [3.8, 4) is 0 Å². The lowest BCUT2D eigenvalue weighted by Crippen LogP contribution is -2.39. The average molecular weight is 487 g/mol. The van der Waals surface area contributed by atoms with E-state index in [0.717, 1.165) is 54.2 Å². The van der Waals surface area contributed by atoms with Crippen LogP contribution in [0.15, 0.2) is 75.4 Å². The Morgan fingerprint density at radius 3 is 2.85 bits per heavy atom. The van der Waals surface area contributed by atoms with Gasteiger partial charge in [-0.2, -0.15) is 0 Å². The second kappa shape index (κ2) is 12.9. The lowest BCUT2D eigenvalue weighted by Gasteiger charge is -2.30. The largest absolute Gasteiger partial charge is 0.361 e. The predicted octanol–water partition coefficient (Wildman–Crippen LogP) is 6.96. The first kappa shape index (κ1) is 26.2. The highest BCUT2D eigenvalue weighted by Crippen LogP contribution is 2.38. The van der Waals surface area contributed by atoms with Crippen LogP contribution in [0.2, 0.25) is 0 Å². The molecule has 0 spiro atoms. The van der Waals surface area contributed by atoms with Gasteiger partial charge in [-0.1, -0.05) is 43.0 Å². The number of rotatable bonds is 10. The van der Waals surface area contributed by atoms with Gasteiger partial charge in [-0.05, 0) is 67.9 Å². The summed E-state index contributed by atoms with van der Waals surface area (Å²) in [6.07, 6.45) is 10.6. The number of aliphatic imine (C=N–C) groups is 1. The molecule has 3 rings (SSSR count). The molecule has 2 bridgehead atoms. The van der Waals surface area contributed by atoms with Crippen molar-refractivity contribution in [2.45, 2.75) is 39.7 Å². The molecule has 2 aliphatic rings. The number of hydrogen-bond acceptors (Lipinski definition) is 5. The van der Waals surface area contributed by atoms with Gasteiger partial charge in [-0.25, -0.2) is 13.8 Å². The minimum atomic E-state index is -0.775. The van der Waals surface area contributed by atoms with E-state index in [1.165, 1.54) is 11.0 Å². The molecule has 3 atom stereocenters. The van der Waals surface area contributed by atoms with Crippen LogP contribution in [0, 0.1) is 11.8 Å². The van der Waals surface area contributed by atoms with Gasteiger partial charge in [0.2, 0.25) is 0 Å². The van der Waals surface area contributed by atoms with E-state index in [9.17, 15) is 8.78 Å². The Hall–Kier alpha value is -2.38. The molecule has 2 N–H and O–H groups in total. The molecule has 0 fully saturated rings. The second-order valence-electron chi connectivity index (χ2n) is 8.98. The number of anilines is 1. The maximum Gasteiger partial charge on any atom is 0.121 e. The molecule has 2 heterocycles. The first-order chi connectivity index (χ1) is 16.4. The topological polar surface area (TPSA) is 39.7 Å². The average Bonchev–Trinajstić information content (AvgIpc) is 2.79. The Kier molecular flexibility index (Phi) is 9.96. The number of amidine groups is 1. The summed E-state index contributed by atoms with van der Waals surface area (Å²) in [5, 5.41) is 8.27. The number of nitrogens with one attached hydrogen (secondary N) is 2. The number of thioether (sulfide) groups is 1. The molecule has 4 nitrogen and oxygen atoms in total.